The monoisotopic (exact) mass is 182 g/mol. The lowest BCUT2D eigenvalue weighted by molar-refractivity contribution is -0.0618. The van der Waals surface area contributed by atoms with Gasteiger partial charge in [-0.25, -0.2) is 0 Å². The average molecular weight is 182 g/mol. The van der Waals surface area contributed by atoms with Crippen LogP contribution in [0.25, 0.3) is 0 Å². The molecule has 0 atom stereocenters. The van der Waals surface area contributed by atoms with Gasteiger partial charge in [-0.15, -0.1) is 0 Å². The van der Waals surface area contributed by atoms with Crippen molar-refractivity contribution in [2.75, 3.05) is 19.6 Å². The average Bonchev–Trinajstić information content (AvgIpc) is 1.71. The second-order valence-electron chi connectivity index (χ2n) is 5.76. The van der Waals surface area contributed by atoms with Crippen LogP contribution in [0, 0.1) is 0 Å². The Hall–Kier alpha value is -0.160. The molecule has 0 spiro atoms. The maximum atomic E-state index is 6.29. The number of hydrogen-bond donors (Lipinski definition) is 3. The molecule has 0 aromatic rings. The molecule has 74 valence electrons. The molecule has 0 amide bonds. The highest BCUT2D eigenvalue weighted by molar-refractivity contribution is 5.21. The van der Waals surface area contributed by atoms with E-state index in [9.17, 15) is 0 Å². The van der Waals surface area contributed by atoms with Crippen LogP contribution >= 0.6 is 0 Å². The van der Waals surface area contributed by atoms with Crippen LogP contribution in [0.2, 0.25) is 0 Å². The summed E-state index contributed by atoms with van der Waals surface area (Å²) in [6.45, 7) is 2.97. The van der Waals surface area contributed by atoms with E-state index >= 15 is 0 Å². The predicted molar refractivity (Wildman–Crippen MR) is 51.0 cm³/mol. The van der Waals surface area contributed by atoms with Crippen LogP contribution in [-0.4, -0.2) is 41.2 Å². The van der Waals surface area contributed by atoms with Crippen LogP contribution < -0.4 is 17.2 Å². The molecule has 3 saturated heterocycles. The maximum absolute atomic E-state index is 6.29. The Labute approximate surface area is 78.4 Å². The summed E-state index contributed by atoms with van der Waals surface area (Å²) in [5.41, 5.74) is 18.6. The van der Waals surface area contributed by atoms with Crippen LogP contribution in [-0.2, 0) is 0 Å². The van der Waals surface area contributed by atoms with Gasteiger partial charge in [0.15, 0.2) is 0 Å². The third-order valence-corrected chi connectivity index (χ3v) is 3.73. The van der Waals surface area contributed by atoms with Crippen LogP contribution in [0.1, 0.15) is 19.3 Å². The molecule has 0 unspecified atom stereocenters. The van der Waals surface area contributed by atoms with E-state index in [0.29, 0.717) is 0 Å². The minimum absolute atomic E-state index is 0.0990. The zero-order chi connectivity index (χ0) is 9.32. The van der Waals surface area contributed by atoms with E-state index in [4.69, 9.17) is 17.2 Å². The van der Waals surface area contributed by atoms with Crippen LogP contribution in [0.15, 0.2) is 0 Å². The molecule has 4 rings (SSSR count). The van der Waals surface area contributed by atoms with Gasteiger partial charge in [0.05, 0.1) is 0 Å². The normalized spacial score (nSPS) is 64.4. The summed E-state index contributed by atoms with van der Waals surface area (Å²) in [5.74, 6) is 0. The number of nitrogens with zero attached hydrogens (tertiary/aromatic N) is 1. The van der Waals surface area contributed by atoms with E-state index in [1.165, 1.54) is 0 Å². The smallest absolute Gasteiger partial charge is 0.0319 e. The summed E-state index contributed by atoms with van der Waals surface area (Å²) in [6, 6.07) is 0. The summed E-state index contributed by atoms with van der Waals surface area (Å²) in [6.07, 6.45) is 2.86. The maximum Gasteiger partial charge on any atom is 0.0319 e. The van der Waals surface area contributed by atoms with Gasteiger partial charge in [-0.2, -0.15) is 0 Å². The van der Waals surface area contributed by atoms with Crippen molar-refractivity contribution in [3.05, 3.63) is 0 Å². The molecular formula is C9H18N4. The van der Waals surface area contributed by atoms with E-state index in [1.807, 2.05) is 0 Å². The lowest BCUT2D eigenvalue weighted by Gasteiger charge is -2.64. The predicted octanol–water partition coefficient (Wildman–Crippen LogP) is -1.41. The van der Waals surface area contributed by atoms with E-state index < -0.39 is 0 Å². The van der Waals surface area contributed by atoms with Crippen molar-refractivity contribution >= 4 is 0 Å². The number of hydrogen-bond acceptors (Lipinski definition) is 4. The van der Waals surface area contributed by atoms with E-state index in [2.05, 4.69) is 4.90 Å². The van der Waals surface area contributed by atoms with E-state index in [1.54, 1.807) is 0 Å². The van der Waals surface area contributed by atoms with Crippen molar-refractivity contribution in [2.45, 2.75) is 35.9 Å². The lowest BCUT2D eigenvalue weighted by Crippen LogP contribution is -2.82. The van der Waals surface area contributed by atoms with Crippen molar-refractivity contribution in [1.82, 2.24) is 4.90 Å². The molecule has 4 fully saturated rings. The highest BCUT2D eigenvalue weighted by Crippen LogP contribution is 2.46. The Morgan fingerprint density at radius 1 is 0.692 bits per heavy atom. The Kier molecular flexibility index (Phi) is 1.21. The summed E-state index contributed by atoms with van der Waals surface area (Å²) in [5, 5.41) is 0. The van der Waals surface area contributed by atoms with Gasteiger partial charge in [-0.05, 0) is 19.3 Å². The first-order valence-electron chi connectivity index (χ1n) is 5.00. The SMILES string of the molecule is NC12CN3CC(N)(C1)CC(N)(C3)C2. The molecule has 4 aliphatic rings. The molecule has 0 aromatic heterocycles. The Bertz CT molecular complexity index is 214. The molecule has 13 heavy (non-hydrogen) atoms. The van der Waals surface area contributed by atoms with Gasteiger partial charge in [0.2, 0.25) is 0 Å². The van der Waals surface area contributed by atoms with Crippen LogP contribution in [0.4, 0.5) is 0 Å². The molecule has 1 aliphatic carbocycles. The lowest BCUT2D eigenvalue weighted by atomic mass is 9.58. The van der Waals surface area contributed by atoms with Crippen LogP contribution in [0.3, 0.4) is 0 Å². The third kappa shape index (κ3) is 1.06. The molecule has 0 radical (unpaired) electrons. The van der Waals surface area contributed by atoms with Gasteiger partial charge in [0, 0.05) is 36.3 Å². The highest BCUT2D eigenvalue weighted by atomic mass is 15.3. The van der Waals surface area contributed by atoms with Gasteiger partial charge in [-0.1, -0.05) is 0 Å². The first-order valence-corrected chi connectivity index (χ1v) is 5.00. The standard InChI is InChI=1S/C9H18N4/c10-7-1-8(11)3-9(12,2-7)6-13(4-7)5-8/h1-6,10-12H2. The minimum Gasteiger partial charge on any atom is -0.324 e. The fraction of sp³-hybridized carbons (Fsp3) is 1.00. The van der Waals surface area contributed by atoms with Crippen molar-refractivity contribution in [3.63, 3.8) is 0 Å². The zero-order valence-corrected chi connectivity index (χ0v) is 7.92. The van der Waals surface area contributed by atoms with Crippen LogP contribution in [0.5, 0.6) is 0 Å². The Balaban J connectivity index is 2.03. The quantitative estimate of drug-likeness (QED) is 0.430. The number of rotatable bonds is 0. The fourth-order valence-electron chi connectivity index (χ4n) is 4.13. The molecule has 4 nitrogen and oxygen atoms in total. The largest absolute Gasteiger partial charge is 0.324 e. The molecule has 6 N–H and O–H groups in total. The molecule has 0 aromatic carbocycles. The Morgan fingerprint density at radius 3 is 1.23 bits per heavy atom. The first-order chi connectivity index (χ1) is 5.91. The highest BCUT2D eigenvalue weighted by Gasteiger charge is 2.59. The van der Waals surface area contributed by atoms with Gasteiger partial charge in [0.1, 0.15) is 0 Å². The second kappa shape index (κ2) is 1.93. The summed E-state index contributed by atoms with van der Waals surface area (Å²) in [4.78, 5) is 2.34. The molecular weight excluding hydrogens is 164 g/mol. The van der Waals surface area contributed by atoms with Crippen molar-refractivity contribution in [3.8, 4) is 0 Å². The molecule has 4 bridgehead atoms. The summed E-state index contributed by atoms with van der Waals surface area (Å²) < 4.78 is 0. The third-order valence-electron chi connectivity index (χ3n) is 3.73. The minimum atomic E-state index is -0.0990. The van der Waals surface area contributed by atoms with Gasteiger partial charge < -0.3 is 17.2 Å². The van der Waals surface area contributed by atoms with Gasteiger partial charge in [-0.3, -0.25) is 4.90 Å². The fourth-order valence-corrected chi connectivity index (χ4v) is 4.13. The number of piperidine rings is 3. The number of nitrogens with two attached hydrogens (primary N) is 3. The summed E-state index contributed by atoms with van der Waals surface area (Å²) >= 11 is 0. The van der Waals surface area contributed by atoms with Gasteiger partial charge >= 0.3 is 0 Å². The van der Waals surface area contributed by atoms with Gasteiger partial charge in [0.25, 0.3) is 0 Å². The molecule has 3 aliphatic heterocycles. The topological polar surface area (TPSA) is 81.3 Å². The van der Waals surface area contributed by atoms with Crippen molar-refractivity contribution in [1.29, 1.82) is 0 Å². The molecule has 3 heterocycles. The van der Waals surface area contributed by atoms with Crippen molar-refractivity contribution < 1.29 is 0 Å². The summed E-state index contributed by atoms with van der Waals surface area (Å²) in [7, 11) is 0. The van der Waals surface area contributed by atoms with E-state index in [0.717, 1.165) is 38.9 Å². The van der Waals surface area contributed by atoms with E-state index in [-0.39, 0.29) is 16.6 Å². The van der Waals surface area contributed by atoms with Crippen molar-refractivity contribution in [2.24, 2.45) is 17.2 Å². The first kappa shape index (κ1) is 8.17. The molecule has 1 saturated carbocycles. The Morgan fingerprint density at radius 2 is 1.00 bits per heavy atom. The second-order valence-corrected chi connectivity index (χ2v) is 5.76. The molecule has 4 heteroatoms. The zero-order valence-electron chi connectivity index (χ0n) is 7.92.